The third-order valence-corrected chi connectivity index (χ3v) is 8.52. The van der Waals surface area contributed by atoms with Crippen molar-refractivity contribution in [2.75, 3.05) is 33.0 Å². The van der Waals surface area contributed by atoms with E-state index < -0.39 is 5.82 Å². The van der Waals surface area contributed by atoms with E-state index in [9.17, 15) is 9.59 Å². The van der Waals surface area contributed by atoms with Crippen molar-refractivity contribution in [3.8, 4) is 21.9 Å². The third kappa shape index (κ3) is 9.54. The van der Waals surface area contributed by atoms with Gasteiger partial charge in [-0.05, 0) is 48.2 Å². The van der Waals surface area contributed by atoms with E-state index in [0.717, 1.165) is 39.2 Å². The number of aromatic nitrogens is 2. The number of rotatable bonds is 17. The molecule has 0 saturated heterocycles. The molecule has 0 spiro atoms. The Kier molecular flexibility index (Phi) is 11.8. The molecule has 9 nitrogen and oxygen atoms in total. The minimum absolute atomic E-state index is 0.0133. The molecule has 0 aliphatic rings. The summed E-state index contributed by atoms with van der Waals surface area (Å²) in [5, 5.41) is 3.85. The van der Waals surface area contributed by atoms with Crippen LogP contribution < -0.4 is 4.74 Å². The molecule has 5 aromatic rings. The highest BCUT2D eigenvalue weighted by Gasteiger charge is 2.16. The van der Waals surface area contributed by atoms with Crippen LogP contribution in [0, 0.1) is 12.7 Å². The van der Waals surface area contributed by atoms with E-state index in [1.165, 1.54) is 23.5 Å². The van der Waals surface area contributed by atoms with Gasteiger partial charge in [-0.15, -0.1) is 11.3 Å². The SMILES string of the molecule is CCCOCCOCCN(Cc1ccc(-c2cc3nccc(Oc4ccc(CC(=O)Cc5cc(C)on5)cc4F)c3s2)cc1)C(C)=O. The first-order valence-electron chi connectivity index (χ1n) is 15.6. The standard InChI is InChI=1S/C36H38FN3O6S/c1-4-14-43-16-17-44-15-13-40(25(3)41)23-26-5-8-28(9-6-26)35-22-32-36(47-35)34(11-12-38-32)45-33-10-7-27(20-31(33)37)19-30(42)21-29-18-24(2)46-39-29/h5-12,18,20,22H,4,13-17,19,21,23H2,1-3H3. The summed E-state index contributed by atoms with van der Waals surface area (Å²) >= 11 is 1.50. The number of nitrogens with zero attached hydrogens (tertiary/aromatic N) is 3. The van der Waals surface area contributed by atoms with Crippen LogP contribution in [0.25, 0.3) is 20.7 Å². The van der Waals surface area contributed by atoms with Crippen LogP contribution >= 0.6 is 11.3 Å². The number of Topliss-reactive ketones (excluding diaryl/α,β-unsaturated/α-hetero) is 1. The second-order valence-electron chi connectivity index (χ2n) is 11.2. The average molecular weight is 660 g/mol. The molecule has 0 unspecified atom stereocenters. The number of carbonyl (C=O) groups is 2. The molecule has 0 aliphatic carbocycles. The van der Waals surface area contributed by atoms with Gasteiger partial charge in [-0.3, -0.25) is 14.6 Å². The van der Waals surface area contributed by atoms with Crippen molar-refractivity contribution in [1.29, 1.82) is 0 Å². The van der Waals surface area contributed by atoms with E-state index in [1.807, 2.05) is 30.3 Å². The van der Waals surface area contributed by atoms with E-state index in [1.54, 1.807) is 43.1 Å². The summed E-state index contributed by atoms with van der Waals surface area (Å²) in [6.45, 7) is 8.60. The van der Waals surface area contributed by atoms with Gasteiger partial charge in [-0.25, -0.2) is 4.39 Å². The Balaban J connectivity index is 1.20. The summed E-state index contributed by atoms with van der Waals surface area (Å²) in [7, 11) is 0. The van der Waals surface area contributed by atoms with E-state index in [0.29, 0.717) is 55.7 Å². The molecule has 11 heteroatoms. The fourth-order valence-electron chi connectivity index (χ4n) is 4.97. The number of carbonyl (C=O) groups excluding carboxylic acids is 2. The number of benzene rings is 2. The number of thiophene rings is 1. The molecule has 3 aromatic heterocycles. The number of fused-ring (bicyclic) bond motifs is 1. The fraction of sp³-hybridized carbons (Fsp3) is 0.333. The maximum absolute atomic E-state index is 15.1. The van der Waals surface area contributed by atoms with Crippen LogP contribution in [0.5, 0.6) is 11.5 Å². The molecule has 0 radical (unpaired) electrons. The van der Waals surface area contributed by atoms with Crippen molar-refractivity contribution in [2.24, 2.45) is 0 Å². The lowest BCUT2D eigenvalue weighted by Gasteiger charge is -2.21. The molecule has 0 N–H and O–H groups in total. The van der Waals surface area contributed by atoms with Gasteiger partial charge < -0.3 is 23.6 Å². The summed E-state index contributed by atoms with van der Waals surface area (Å²) in [6.07, 6.45) is 2.80. The summed E-state index contributed by atoms with van der Waals surface area (Å²) in [5.74, 6) is 0.522. The van der Waals surface area contributed by atoms with Gasteiger partial charge in [-0.2, -0.15) is 0 Å². The number of hydrogen-bond acceptors (Lipinski definition) is 9. The maximum atomic E-state index is 15.1. The first-order chi connectivity index (χ1) is 22.8. The van der Waals surface area contributed by atoms with Crippen molar-refractivity contribution >= 4 is 33.2 Å². The van der Waals surface area contributed by atoms with Gasteiger partial charge in [0, 0.05) is 56.2 Å². The zero-order valence-corrected chi connectivity index (χ0v) is 27.6. The second kappa shape index (κ2) is 16.4. The molecular weight excluding hydrogens is 621 g/mol. The molecular formula is C36H38FN3O6S. The summed E-state index contributed by atoms with van der Waals surface area (Å²) in [4.78, 5) is 31.9. The smallest absolute Gasteiger partial charge is 0.219 e. The number of ketones is 1. The molecule has 3 heterocycles. The first kappa shape index (κ1) is 33.9. The van der Waals surface area contributed by atoms with Crippen LogP contribution in [0.15, 0.2) is 71.4 Å². The zero-order chi connectivity index (χ0) is 33.2. The Hall–Kier alpha value is -4.45. The lowest BCUT2D eigenvalue weighted by molar-refractivity contribution is -0.130. The fourth-order valence-corrected chi connectivity index (χ4v) is 6.04. The van der Waals surface area contributed by atoms with Gasteiger partial charge in [0.15, 0.2) is 11.6 Å². The Morgan fingerprint density at radius 2 is 1.68 bits per heavy atom. The molecule has 0 atom stereocenters. The Morgan fingerprint density at radius 1 is 0.915 bits per heavy atom. The monoisotopic (exact) mass is 659 g/mol. The van der Waals surface area contributed by atoms with Crippen molar-refractivity contribution in [2.45, 2.75) is 46.6 Å². The number of aryl methyl sites for hydroxylation is 1. The quantitative estimate of drug-likeness (QED) is 0.0956. The lowest BCUT2D eigenvalue weighted by Crippen LogP contribution is -2.31. The first-order valence-corrected chi connectivity index (χ1v) is 16.4. The van der Waals surface area contributed by atoms with Crippen LogP contribution in [0.3, 0.4) is 0 Å². The molecule has 2 aromatic carbocycles. The van der Waals surface area contributed by atoms with Crippen molar-refractivity contribution in [3.05, 3.63) is 95.3 Å². The van der Waals surface area contributed by atoms with E-state index in [-0.39, 0.29) is 30.3 Å². The van der Waals surface area contributed by atoms with Crippen LogP contribution in [0.1, 0.15) is 42.8 Å². The Labute approximate surface area is 277 Å². The highest BCUT2D eigenvalue weighted by atomic mass is 32.1. The molecule has 0 saturated carbocycles. The highest BCUT2D eigenvalue weighted by Crippen LogP contribution is 2.39. The van der Waals surface area contributed by atoms with Crippen molar-refractivity contribution < 1.29 is 32.7 Å². The van der Waals surface area contributed by atoms with Gasteiger partial charge >= 0.3 is 0 Å². The second-order valence-corrected chi connectivity index (χ2v) is 12.2. The molecule has 5 rings (SSSR count). The van der Waals surface area contributed by atoms with Gasteiger partial charge in [0.05, 0.1) is 42.2 Å². The van der Waals surface area contributed by atoms with Crippen LogP contribution in [-0.4, -0.2) is 59.7 Å². The van der Waals surface area contributed by atoms with E-state index in [4.69, 9.17) is 18.7 Å². The normalized spacial score (nSPS) is 11.2. The number of amides is 1. The predicted octanol–water partition coefficient (Wildman–Crippen LogP) is 7.34. The predicted molar refractivity (Wildman–Crippen MR) is 178 cm³/mol. The molecule has 0 fully saturated rings. The molecule has 47 heavy (non-hydrogen) atoms. The molecule has 0 aliphatic heterocycles. The van der Waals surface area contributed by atoms with E-state index in [2.05, 4.69) is 17.1 Å². The topological polar surface area (TPSA) is 104 Å². The van der Waals surface area contributed by atoms with Crippen LogP contribution in [0.2, 0.25) is 0 Å². The van der Waals surface area contributed by atoms with Crippen LogP contribution in [0.4, 0.5) is 4.39 Å². The van der Waals surface area contributed by atoms with Gasteiger partial charge in [-0.1, -0.05) is 42.4 Å². The number of ether oxygens (including phenoxy) is 3. The van der Waals surface area contributed by atoms with Gasteiger partial charge in [0.25, 0.3) is 0 Å². The molecule has 1 amide bonds. The minimum Gasteiger partial charge on any atom is -0.453 e. The number of pyridine rings is 1. The molecule has 0 bridgehead atoms. The van der Waals surface area contributed by atoms with Gasteiger partial charge in [0.1, 0.15) is 17.3 Å². The largest absolute Gasteiger partial charge is 0.453 e. The minimum atomic E-state index is -0.558. The lowest BCUT2D eigenvalue weighted by atomic mass is 10.1. The maximum Gasteiger partial charge on any atom is 0.219 e. The highest BCUT2D eigenvalue weighted by molar-refractivity contribution is 7.22. The summed E-state index contributed by atoms with van der Waals surface area (Å²) < 4.78 is 38.0. The van der Waals surface area contributed by atoms with Gasteiger partial charge in [0.2, 0.25) is 5.91 Å². The summed E-state index contributed by atoms with van der Waals surface area (Å²) in [6, 6.07) is 18.0. The number of hydrogen-bond donors (Lipinski definition) is 0. The van der Waals surface area contributed by atoms with Crippen LogP contribution in [-0.2, 0) is 38.4 Å². The summed E-state index contributed by atoms with van der Waals surface area (Å²) in [5.41, 5.74) is 3.84. The third-order valence-electron chi connectivity index (χ3n) is 7.33. The average Bonchev–Trinajstić information content (AvgIpc) is 3.67. The Morgan fingerprint density at radius 3 is 2.38 bits per heavy atom. The Bertz CT molecular complexity index is 1800. The number of halogens is 1. The van der Waals surface area contributed by atoms with Crippen molar-refractivity contribution in [1.82, 2.24) is 15.0 Å². The zero-order valence-electron chi connectivity index (χ0n) is 26.8. The van der Waals surface area contributed by atoms with Crippen molar-refractivity contribution in [3.63, 3.8) is 0 Å². The van der Waals surface area contributed by atoms with E-state index >= 15 is 4.39 Å². The molecule has 246 valence electrons.